The van der Waals surface area contributed by atoms with E-state index in [4.69, 9.17) is 4.98 Å². The van der Waals surface area contributed by atoms with Gasteiger partial charge in [-0.3, -0.25) is 4.79 Å². The van der Waals surface area contributed by atoms with Crippen molar-refractivity contribution >= 4 is 55.8 Å². The Morgan fingerprint density at radius 2 is 2.07 bits per heavy atom. The summed E-state index contributed by atoms with van der Waals surface area (Å²) in [5.41, 5.74) is 10.2. The minimum Gasteiger partial charge on any atom is -0.326 e. The molecule has 0 aliphatic carbocycles. The number of hydrazone groups is 1. The van der Waals surface area contributed by atoms with Crippen molar-refractivity contribution in [3.05, 3.63) is 47.5 Å². The topological polar surface area (TPSA) is 84.2 Å². The largest absolute Gasteiger partial charge is 0.326 e. The molecule has 1 aliphatic rings. The number of hydrogen-bond acceptors (Lipinski definition) is 6. The average molecular weight is 390 g/mol. The third kappa shape index (κ3) is 2.82. The van der Waals surface area contributed by atoms with Gasteiger partial charge in [-0.25, -0.2) is 15.4 Å². The molecule has 2 aromatic heterocycles. The fourth-order valence-electron chi connectivity index (χ4n) is 3.53. The summed E-state index contributed by atoms with van der Waals surface area (Å²) in [6.45, 7) is 2.02. The highest BCUT2D eigenvalue weighted by molar-refractivity contribution is 7.16. The maximum absolute atomic E-state index is 11.5. The predicted molar refractivity (Wildman–Crippen MR) is 112 cm³/mol. The van der Waals surface area contributed by atoms with Crippen LogP contribution in [0.25, 0.3) is 21.3 Å². The quantitative estimate of drug-likeness (QED) is 0.557. The fraction of sp³-hybridized carbons (Fsp3) is 0.200. The maximum Gasteiger partial charge on any atom is 0.240 e. The number of fused-ring (bicyclic) bond motifs is 2. The number of benzene rings is 2. The molecule has 0 saturated carbocycles. The lowest BCUT2D eigenvalue weighted by Crippen LogP contribution is -2.31. The van der Waals surface area contributed by atoms with Crippen molar-refractivity contribution in [2.45, 2.75) is 13.3 Å². The Morgan fingerprint density at radius 1 is 1.21 bits per heavy atom. The smallest absolute Gasteiger partial charge is 0.240 e. The molecule has 8 heteroatoms. The molecule has 28 heavy (non-hydrogen) atoms. The second-order valence-electron chi connectivity index (χ2n) is 6.99. The van der Waals surface area contributed by atoms with Crippen LogP contribution in [-0.2, 0) is 11.8 Å². The van der Waals surface area contributed by atoms with E-state index in [1.165, 1.54) is 0 Å². The number of nitrogens with zero attached hydrogens (tertiary/aromatic N) is 4. The Kier molecular flexibility index (Phi) is 3.87. The number of hydrogen-bond donors (Lipinski definition) is 2. The van der Waals surface area contributed by atoms with Gasteiger partial charge >= 0.3 is 0 Å². The summed E-state index contributed by atoms with van der Waals surface area (Å²) >= 11 is 1.62. The van der Waals surface area contributed by atoms with Crippen LogP contribution < -0.4 is 10.7 Å². The lowest BCUT2D eigenvalue weighted by atomic mass is 9.94. The van der Waals surface area contributed by atoms with Crippen LogP contribution in [0.1, 0.15) is 18.9 Å². The first-order valence-corrected chi connectivity index (χ1v) is 9.90. The van der Waals surface area contributed by atoms with Crippen LogP contribution in [0.2, 0.25) is 0 Å². The van der Waals surface area contributed by atoms with Gasteiger partial charge < -0.3 is 9.88 Å². The molecule has 3 heterocycles. The monoisotopic (exact) mass is 390 g/mol. The first-order chi connectivity index (χ1) is 13.6. The molecule has 4 aromatic rings. The van der Waals surface area contributed by atoms with E-state index in [9.17, 15) is 4.79 Å². The van der Waals surface area contributed by atoms with E-state index < -0.39 is 0 Å². The number of anilines is 2. The molecule has 0 saturated heterocycles. The van der Waals surface area contributed by atoms with Gasteiger partial charge in [-0.2, -0.15) is 5.10 Å². The number of amides is 1. The summed E-state index contributed by atoms with van der Waals surface area (Å²) in [5.74, 6) is 0.813. The molecule has 1 aliphatic heterocycles. The highest BCUT2D eigenvalue weighted by atomic mass is 32.1. The molecule has 7 nitrogen and oxygen atoms in total. The second-order valence-corrected chi connectivity index (χ2v) is 7.88. The predicted octanol–water partition coefficient (Wildman–Crippen LogP) is 3.79. The normalized spacial score (nSPS) is 17.0. The van der Waals surface area contributed by atoms with E-state index in [-0.39, 0.29) is 11.8 Å². The zero-order chi connectivity index (χ0) is 19.3. The van der Waals surface area contributed by atoms with Gasteiger partial charge in [0.2, 0.25) is 11.9 Å². The van der Waals surface area contributed by atoms with Crippen molar-refractivity contribution in [3.63, 3.8) is 0 Å². The minimum absolute atomic E-state index is 0.0396. The number of carbonyl (C=O) groups is 1. The zero-order valence-corrected chi connectivity index (χ0v) is 16.2. The van der Waals surface area contributed by atoms with Crippen LogP contribution in [0.4, 0.5) is 11.6 Å². The molecule has 2 aromatic carbocycles. The Labute approximate surface area is 165 Å². The van der Waals surface area contributed by atoms with Crippen LogP contribution in [0, 0.1) is 5.92 Å². The Balaban J connectivity index is 1.51. The van der Waals surface area contributed by atoms with Crippen LogP contribution >= 0.6 is 11.3 Å². The fourth-order valence-corrected chi connectivity index (χ4v) is 4.24. The van der Waals surface area contributed by atoms with Crippen LogP contribution in [0.5, 0.6) is 0 Å². The van der Waals surface area contributed by atoms with Gasteiger partial charge in [0.05, 0.1) is 32.5 Å². The lowest BCUT2D eigenvalue weighted by molar-refractivity contribution is -0.121. The summed E-state index contributed by atoms with van der Waals surface area (Å²) in [6.07, 6.45) is 0.453. The lowest BCUT2D eigenvalue weighted by Gasteiger charge is -2.19. The average Bonchev–Trinajstić information content (AvgIpc) is 3.26. The molecular weight excluding hydrogens is 372 g/mol. The molecule has 5 rings (SSSR count). The van der Waals surface area contributed by atoms with Crippen LogP contribution in [-0.4, -0.2) is 26.2 Å². The van der Waals surface area contributed by atoms with Crippen molar-refractivity contribution in [1.29, 1.82) is 0 Å². The van der Waals surface area contributed by atoms with Gasteiger partial charge in [0.25, 0.3) is 0 Å². The highest BCUT2D eigenvalue weighted by Gasteiger charge is 2.22. The van der Waals surface area contributed by atoms with Gasteiger partial charge in [0, 0.05) is 30.6 Å². The van der Waals surface area contributed by atoms with Crippen molar-refractivity contribution in [3.8, 4) is 0 Å². The number of thiazole rings is 1. The van der Waals surface area contributed by atoms with E-state index in [1.807, 2.05) is 48.3 Å². The molecule has 1 unspecified atom stereocenters. The van der Waals surface area contributed by atoms with Gasteiger partial charge in [-0.05, 0) is 30.3 Å². The maximum atomic E-state index is 11.5. The van der Waals surface area contributed by atoms with E-state index in [1.54, 1.807) is 11.3 Å². The third-order valence-corrected chi connectivity index (χ3v) is 5.82. The Bertz CT molecular complexity index is 1250. The Morgan fingerprint density at radius 3 is 2.93 bits per heavy atom. The number of nitrogens with one attached hydrogen (secondary N) is 2. The molecule has 2 N–H and O–H groups in total. The first kappa shape index (κ1) is 16.9. The van der Waals surface area contributed by atoms with E-state index in [0.29, 0.717) is 6.42 Å². The first-order valence-electron chi connectivity index (χ1n) is 9.02. The van der Waals surface area contributed by atoms with Crippen molar-refractivity contribution in [2.24, 2.45) is 18.1 Å². The second kappa shape index (κ2) is 6.42. The molecule has 0 radical (unpaired) electrons. The van der Waals surface area contributed by atoms with E-state index in [2.05, 4.69) is 33.0 Å². The molecule has 0 bridgehead atoms. The minimum atomic E-state index is -0.0396. The zero-order valence-electron chi connectivity index (χ0n) is 15.4. The van der Waals surface area contributed by atoms with Crippen LogP contribution in [0.3, 0.4) is 0 Å². The van der Waals surface area contributed by atoms with Crippen LogP contribution in [0.15, 0.2) is 47.0 Å². The SMILES string of the molecule is CC1CC(=O)NN=C1c1ccc2nc(Nc3ccc4ncsc4c3)n(C)c2c1. The summed E-state index contributed by atoms with van der Waals surface area (Å²) in [7, 11) is 1.99. The third-order valence-electron chi connectivity index (χ3n) is 5.02. The molecule has 1 atom stereocenters. The Hall–Kier alpha value is -3.26. The molecule has 1 amide bonds. The summed E-state index contributed by atoms with van der Waals surface area (Å²) < 4.78 is 3.17. The number of carbonyl (C=O) groups excluding carboxylic acids is 1. The van der Waals surface area contributed by atoms with Crippen molar-refractivity contribution in [1.82, 2.24) is 20.0 Å². The molecule has 0 spiro atoms. The van der Waals surface area contributed by atoms with E-state index in [0.717, 1.165) is 44.2 Å². The number of imidazole rings is 1. The van der Waals surface area contributed by atoms with Crippen molar-refractivity contribution < 1.29 is 4.79 Å². The highest BCUT2D eigenvalue weighted by Crippen LogP contribution is 2.27. The van der Waals surface area contributed by atoms with Gasteiger partial charge in [0.1, 0.15) is 0 Å². The van der Waals surface area contributed by atoms with E-state index >= 15 is 0 Å². The molecule has 0 fully saturated rings. The number of rotatable bonds is 3. The van der Waals surface area contributed by atoms with Gasteiger partial charge in [-0.15, -0.1) is 11.3 Å². The summed E-state index contributed by atoms with van der Waals surface area (Å²) in [4.78, 5) is 20.6. The standard InChI is InChI=1S/C20H18N6OS/c1-11-7-18(27)24-25-19(11)12-3-5-14-16(8-12)26(2)20(23-14)22-13-4-6-15-17(9-13)28-10-21-15/h3-6,8-11H,7H2,1-2H3,(H,22,23)(H,24,27). The summed E-state index contributed by atoms with van der Waals surface area (Å²) in [5, 5.41) is 7.66. The number of aromatic nitrogens is 3. The van der Waals surface area contributed by atoms with Gasteiger partial charge in [0.15, 0.2) is 0 Å². The van der Waals surface area contributed by atoms with Crippen molar-refractivity contribution in [2.75, 3.05) is 5.32 Å². The van der Waals surface area contributed by atoms with Gasteiger partial charge in [-0.1, -0.05) is 13.0 Å². The number of aryl methyl sites for hydroxylation is 1. The summed E-state index contributed by atoms with van der Waals surface area (Å²) in [6, 6.07) is 12.2. The molecular formula is C20H18N6OS. The molecule has 140 valence electrons.